The van der Waals surface area contributed by atoms with Crippen molar-refractivity contribution in [3.05, 3.63) is 29.5 Å². The van der Waals surface area contributed by atoms with E-state index < -0.39 is 5.97 Å². The third kappa shape index (κ3) is 1.97. The van der Waals surface area contributed by atoms with Crippen molar-refractivity contribution >= 4 is 34.5 Å². The number of carboxylic acid groups (broad SMARTS) is 1. The molecule has 0 radical (unpaired) electrons. The van der Waals surface area contributed by atoms with E-state index in [0.29, 0.717) is 5.56 Å². The number of anilines is 1. The van der Waals surface area contributed by atoms with Crippen molar-refractivity contribution in [2.45, 2.75) is 26.8 Å². The predicted molar refractivity (Wildman–Crippen MR) is 83.8 cm³/mol. The van der Waals surface area contributed by atoms with Gasteiger partial charge >= 0.3 is 5.97 Å². The molecule has 4 nitrogen and oxygen atoms in total. The Kier molecular flexibility index (Phi) is 3.38. The van der Waals surface area contributed by atoms with Gasteiger partial charge in [-0.25, -0.2) is 4.79 Å². The topological polar surface area (TPSA) is 45.5 Å². The second-order valence-corrected chi connectivity index (χ2v) is 6.02. The Morgan fingerprint density at radius 2 is 2.15 bits per heavy atom. The third-order valence-corrected chi connectivity index (χ3v) is 4.95. The largest absolute Gasteiger partial charge is 0.478 e. The molecule has 0 fully saturated rings. The lowest BCUT2D eigenvalue weighted by molar-refractivity contribution is 0.0697. The second kappa shape index (κ2) is 5.05. The average molecular weight is 290 g/mol. The zero-order valence-corrected chi connectivity index (χ0v) is 12.5. The molecule has 1 aliphatic heterocycles. The molecule has 1 N–H and O–H groups in total. The van der Waals surface area contributed by atoms with Gasteiger partial charge in [-0.2, -0.15) is 0 Å². The lowest BCUT2D eigenvalue weighted by Crippen LogP contribution is -2.14. The molecule has 0 saturated carbocycles. The molecule has 0 unspecified atom stereocenters. The molecule has 20 heavy (non-hydrogen) atoms. The van der Waals surface area contributed by atoms with Gasteiger partial charge in [0.25, 0.3) is 0 Å². The summed E-state index contributed by atoms with van der Waals surface area (Å²) in [5.41, 5.74) is 3.79. The number of aryl methyl sites for hydroxylation is 2. The van der Waals surface area contributed by atoms with Crippen LogP contribution in [0.3, 0.4) is 0 Å². The molecule has 0 aliphatic carbocycles. The van der Waals surface area contributed by atoms with Crippen molar-refractivity contribution in [2.24, 2.45) is 0 Å². The Labute approximate surface area is 122 Å². The molecule has 1 aliphatic rings. The molecule has 1 aromatic heterocycles. The van der Waals surface area contributed by atoms with Crippen molar-refractivity contribution in [1.29, 1.82) is 0 Å². The van der Waals surface area contributed by atoms with E-state index in [1.807, 2.05) is 6.07 Å². The Hall–Kier alpha value is -1.62. The average Bonchev–Trinajstić information content (AvgIpc) is 2.70. The van der Waals surface area contributed by atoms with Crippen LogP contribution < -0.4 is 4.31 Å². The first kappa shape index (κ1) is 13.4. The Balaban J connectivity index is 2.36. The lowest BCUT2D eigenvalue weighted by atomic mass is 10.1. The van der Waals surface area contributed by atoms with Crippen molar-refractivity contribution < 1.29 is 9.90 Å². The molecular formula is C15H18N2O2S. The van der Waals surface area contributed by atoms with Crippen LogP contribution in [0.5, 0.6) is 0 Å². The molecule has 5 heteroatoms. The first-order chi connectivity index (χ1) is 9.65. The van der Waals surface area contributed by atoms with Gasteiger partial charge in [0.05, 0.1) is 16.8 Å². The van der Waals surface area contributed by atoms with Crippen molar-refractivity contribution in [3.8, 4) is 0 Å². The summed E-state index contributed by atoms with van der Waals surface area (Å²) >= 11 is 1.78. The lowest BCUT2D eigenvalue weighted by Gasteiger charge is -2.21. The molecular weight excluding hydrogens is 272 g/mol. The van der Waals surface area contributed by atoms with Gasteiger partial charge in [0.15, 0.2) is 0 Å². The minimum Gasteiger partial charge on any atom is -0.478 e. The Morgan fingerprint density at radius 1 is 1.35 bits per heavy atom. The molecule has 0 bridgehead atoms. The van der Waals surface area contributed by atoms with E-state index in [9.17, 15) is 9.90 Å². The van der Waals surface area contributed by atoms with E-state index in [4.69, 9.17) is 0 Å². The van der Waals surface area contributed by atoms with Crippen LogP contribution in [-0.2, 0) is 13.0 Å². The maximum absolute atomic E-state index is 11.4. The van der Waals surface area contributed by atoms with Gasteiger partial charge in [-0.3, -0.25) is 0 Å². The summed E-state index contributed by atoms with van der Waals surface area (Å²) in [4.78, 5) is 11.4. The number of carboxylic acids is 1. The zero-order chi connectivity index (χ0) is 14.3. The van der Waals surface area contributed by atoms with Crippen molar-refractivity contribution in [1.82, 2.24) is 4.57 Å². The maximum atomic E-state index is 11.4. The van der Waals surface area contributed by atoms with Gasteiger partial charge in [-0.05, 0) is 49.9 Å². The van der Waals surface area contributed by atoms with E-state index in [1.54, 1.807) is 18.0 Å². The van der Waals surface area contributed by atoms with Gasteiger partial charge in [0.1, 0.15) is 0 Å². The summed E-state index contributed by atoms with van der Waals surface area (Å²) in [7, 11) is 0. The van der Waals surface area contributed by atoms with Crippen LogP contribution in [0.1, 0.15) is 29.8 Å². The van der Waals surface area contributed by atoms with E-state index in [-0.39, 0.29) is 0 Å². The zero-order valence-electron chi connectivity index (χ0n) is 11.7. The highest BCUT2D eigenvalue weighted by Crippen LogP contribution is 2.39. The van der Waals surface area contributed by atoms with Gasteiger partial charge in [0.2, 0.25) is 0 Å². The minimum atomic E-state index is -0.862. The Bertz CT molecular complexity index is 678. The summed E-state index contributed by atoms with van der Waals surface area (Å²) in [6.45, 7) is 5.93. The molecule has 106 valence electrons. The molecule has 2 heterocycles. The highest BCUT2D eigenvalue weighted by molar-refractivity contribution is 8.00. The van der Waals surface area contributed by atoms with Crippen LogP contribution in [0.2, 0.25) is 0 Å². The normalized spacial score (nSPS) is 14.6. The van der Waals surface area contributed by atoms with E-state index in [2.05, 4.69) is 28.9 Å². The predicted octanol–water partition coefficient (Wildman–Crippen LogP) is 3.39. The fourth-order valence-corrected chi connectivity index (χ4v) is 3.86. The van der Waals surface area contributed by atoms with Crippen molar-refractivity contribution in [2.75, 3.05) is 16.6 Å². The van der Waals surface area contributed by atoms with E-state index in [0.717, 1.165) is 36.5 Å². The molecule has 0 amide bonds. The highest BCUT2D eigenvalue weighted by atomic mass is 32.2. The SMILES string of the molecule is CCN1SCCc2cn(CC)c3cc(C(=O)O)cc1c23. The summed E-state index contributed by atoms with van der Waals surface area (Å²) in [5.74, 6) is 0.173. The number of nitrogens with zero attached hydrogens (tertiary/aromatic N) is 2. The summed E-state index contributed by atoms with van der Waals surface area (Å²) in [5, 5.41) is 10.6. The van der Waals surface area contributed by atoms with Crippen LogP contribution in [0.25, 0.3) is 10.9 Å². The van der Waals surface area contributed by atoms with Crippen molar-refractivity contribution in [3.63, 3.8) is 0 Å². The first-order valence-electron chi connectivity index (χ1n) is 6.95. The minimum absolute atomic E-state index is 0.368. The number of aromatic nitrogens is 1. The molecule has 1 aromatic carbocycles. The monoisotopic (exact) mass is 290 g/mol. The molecule has 0 spiro atoms. The van der Waals surface area contributed by atoms with Gasteiger partial charge in [0, 0.05) is 30.4 Å². The highest BCUT2D eigenvalue weighted by Gasteiger charge is 2.22. The fraction of sp³-hybridized carbons (Fsp3) is 0.400. The van der Waals surface area contributed by atoms with Crippen LogP contribution in [0.4, 0.5) is 5.69 Å². The van der Waals surface area contributed by atoms with Crippen LogP contribution >= 0.6 is 11.9 Å². The fourth-order valence-electron chi connectivity index (χ4n) is 2.86. The summed E-state index contributed by atoms with van der Waals surface area (Å²) in [6, 6.07) is 3.62. The quantitative estimate of drug-likeness (QED) is 0.880. The number of hydrogen-bond acceptors (Lipinski definition) is 3. The molecule has 0 saturated heterocycles. The second-order valence-electron chi connectivity index (χ2n) is 4.91. The maximum Gasteiger partial charge on any atom is 0.335 e. The smallest absolute Gasteiger partial charge is 0.335 e. The van der Waals surface area contributed by atoms with Crippen LogP contribution in [0, 0.1) is 0 Å². The third-order valence-electron chi connectivity index (χ3n) is 3.80. The van der Waals surface area contributed by atoms with Crippen LogP contribution in [0.15, 0.2) is 18.3 Å². The van der Waals surface area contributed by atoms with E-state index >= 15 is 0 Å². The van der Waals surface area contributed by atoms with Gasteiger partial charge < -0.3 is 14.0 Å². The first-order valence-corrected chi connectivity index (χ1v) is 7.89. The molecule has 2 aromatic rings. The summed E-state index contributed by atoms with van der Waals surface area (Å²) < 4.78 is 4.37. The number of benzene rings is 1. The van der Waals surface area contributed by atoms with Crippen LogP contribution in [-0.4, -0.2) is 27.9 Å². The molecule has 0 atom stereocenters. The Morgan fingerprint density at radius 3 is 2.80 bits per heavy atom. The number of aromatic carboxylic acids is 1. The summed E-state index contributed by atoms with van der Waals surface area (Å²) in [6.07, 6.45) is 3.21. The number of rotatable bonds is 3. The standard InChI is InChI=1S/C15H18N2O2S/c1-3-16-9-10-5-6-20-17(4-2)13-8-11(15(18)19)7-12(16)14(10)13/h7-9H,3-6H2,1-2H3,(H,18,19). The number of hydrogen-bond donors (Lipinski definition) is 1. The molecule has 3 rings (SSSR count). The van der Waals surface area contributed by atoms with Gasteiger partial charge in [-0.1, -0.05) is 0 Å². The van der Waals surface area contributed by atoms with E-state index in [1.165, 1.54) is 10.9 Å². The van der Waals surface area contributed by atoms with Gasteiger partial charge in [-0.15, -0.1) is 0 Å². The number of carbonyl (C=O) groups is 1.